The standard InChI is InChI=1S/C16H16N2O2S2/c1-9-6-7-12(20-9)16-18-11(3)14(22-16)15(19)17-10(2)13-5-4-8-21-13/h4-8,10H,1-3H3,(H,17,19)/t10-/m0/s1. The van der Waals surface area contributed by atoms with Crippen LogP contribution >= 0.6 is 22.7 Å². The Morgan fingerprint density at radius 1 is 1.32 bits per heavy atom. The van der Waals surface area contributed by atoms with Crippen molar-refractivity contribution in [3.63, 3.8) is 0 Å². The number of carbonyl (C=O) groups is 1. The van der Waals surface area contributed by atoms with Gasteiger partial charge in [0.15, 0.2) is 10.8 Å². The van der Waals surface area contributed by atoms with E-state index in [0.29, 0.717) is 10.6 Å². The van der Waals surface area contributed by atoms with E-state index >= 15 is 0 Å². The summed E-state index contributed by atoms with van der Waals surface area (Å²) in [5.74, 6) is 1.45. The maximum Gasteiger partial charge on any atom is 0.263 e. The molecule has 3 rings (SSSR count). The SMILES string of the molecule is Cc1ccc(-c2nc(C)c(C(=O)N[C@@H](C)c3cccs3)s2)o1. The Hall–Kier alpha value is -1.92. The monoisotopic (exact) mass is 332 g/mol. The van der Waals surface area contributed by atoms with Gasteiger partial charge in [-0.3, -0.25) is 4.79 Å². The zero-order chi connectivity index (χ0) is 15.7. The lowest BCUT2D eigenvalue weighted by molar-refractivity contribution is 0.0944. The second kappa shape index (κ2) is 6.06. The van der Waals surface area contributed by atoms with Crippen LogP contribution in [0.1, 0.15) is 39.0 Å². The smallest absolute Gasteiger partial charge is 0.263 e. The third-order valence-electron chi connectivity index (χ3n) is 3.27. The molecule has 3 aromatic rings. The number of thiazole rings is 1. The minimum atomic E-state index is -0.0922. The lowest BCUT2D eigenvalue weighted by Gasteiger charge is -2.11. The minimum absolute atomic E-state index is 0.0108. The van der Waals surface area contributed by atoms with Crippen molar-refractivity contribution >= 4 is 28.6 Å². The zero-order valence-electron chi connectivity index (χ0n) is 12.5. The summed E-state index contributed by atoms with van der Waals surface area (Å²) in [4.78, 5) is 18.7. The van der Waals surface area contributed by atoms with Crippen molar-refractivity contribution in [1.29, 1.82) is 0 Å². The Labute approximate surface area is 136 Å². The number of hydrogen-bond acceptors (Lipinski definition) is 5. The Morgan fingerprint density at radius 3 is 2.77 bits per heavy atom. The Balaban J connectivity index is 1.80. The highest BCUT2D eigenvalue weighted by atomic mass is 32.1. The number of nitrogens with zero attached hydrogens (tertiary/aromatic N) is 1. The normalized spacial score (nSPS) is 12.3. The summed E-state index contributed by atoms with van der Waals surface area (Å²) in [5.41, 5.74) is 0.727. The number of carbonyl (C=O) groups excluding carboxylic acids is 1. The third kappa shape index (κ3) is 2.98. The highest BCUT2D eigenvalue weighted by Crippen LogP contribution is 2.29. The first-order chi connectivity index (χ1) is 10.5. The number of rotatable bonds is 4. The Bertz CT molecular complexity index is 787. The van der Waals surface area contributed by atoms with Crippen LogP contribution in [0.4, 0.5) is 0 Å². The molecule has 4 nitrogen and oxygen atoms in total. The lowest BCUT2D eigenvalue weighted by atomic mass is 10.2. The molecule has 1 N–H and O–H groups in total. The molecule has 0 fully saturated rings. The largest absolute Gasteiger partial charge is 0.459 e. The van der Waals surface area contributed by atoms with Crippen LogP contribution in [0.15, 0.2) is 34.1 Å². The van der Waals surface area contributed by atoms with E-state index in [0.717, 1.165) is 21.3 Å². The van der Waals surface area contributed by atoms with Gasteiger partial charge >= 0.3 is 0 Å². The molecule has 3 aromatic heterocycles. The first-order valence-electron chi connectivity index (χ1n) is 6.93. The van der Waals surface area contributed by atoms with Gasteiger partial charge in [0.05, 0.1) is 11.7 Å². The van der Waals surface area contributed by atoms with Gasteiger partial charge in [-0.1, -0.05) is 6.07 Å². The second-order valence-electron chi connectivity index (χ2n) is 5.05. The van der Waals surface area contributed by atoms with Gasteiger partial charge in [0, 0.05) is 4.88 Å². The summed E-state index contributed by atoms with van der Waals surface area (Å²) in [7, 11) is 0. The van der Waals surface area contributed by atoms with Crippen LogP contribution in [0.3, 0.4) is 0 Å². The van der Waals surface area contributed by atoms with Crippen molar-refractivity contribution in [2.75, 3.05) is 0 Å². The number of furan rings is 1. The molecule has 1 amide bonds. The Kier molecular flexibility index (Phi) is 4.13. The molecule has 0 aromatic carbocycles. The number of hydrogen-bond donors (Lipinski definition) is 1. The number of thiophene rings is 1. The summed E-state index contributed by atoms with van der Waals surface area (Å²) < 4.78 is 5.58. The fraction of sp³-hybridized carbons (Fsp3) is 0.250. The average molecular weight is 332 g/mol. The van der Waals surface area contributed by atoms with Gasteiger partial charge in [0.1, 0.15) is 10.6 Å². The molecule has 0 saturated heterocycles. The van der Waals surface area contributed by atoms with E-state index in [9.17, 15) is 4.79 Å². The summed E-state index contributed by atoms with van der Waals surface area (Å²) >= 11 is 3.00. The molecule has 114 valence electrons. The average Bonchev–Trinajstić information content (AvgIpc) is 3.18. The van der Waals surface area contributed by atoms with Crippen molar-refractivity contribution in [2.24, 2.45) is 0 Å². The summed E-state index contributed by atoms with van der Waals surface area (Å²) in [5, 5.41) is 5.76. The topological polar surface area (TPSA) is 55.1 Å². The van der Waals surface area contributed by atoms with Crippen molar-refractivity contribution in [3.05, 3.63) is 50.9 Å². The van der Waals surface area contributed by atoms with Crippen molar-refractivity contribution in [1.82, 2.24) is 10.3 Å². The van der Waals surface area contributed by atoms with Crippen LogP contribution in [0.5, 0.6) is 0 Å². The van der Waals surface area contributed by atoms with Crippen LogP contribution < -0.4 is 5.32 Å². The highest BCUT2D eigenvalue weighted by molar-refractivity contribution is 7.17. The van der Waals surface area contributed by atoms with Crippen LogP contribution in [-0.4, -0.2) is 10.9 Å². The molecule has 0 saturated carbocycles. The van der Waals surface area contributed by atoms with Gasteiger partial charge in [-0.2, -0.15) is 0 Å². The van der Waals surface area contributed by atoms with Crippen LogP contribution in [0.25, 0.3) is 10.8 Å². The van der Waals surface area contributed by atoms with E-state index in [1.807, 2.05) is 50.4 Å². The molecule has 0 bridgehead atoms. The first kappa shape index (κ1) is 15.0. The van der Waals surface area contributed by atoms with Crippen LogP contribution in [-0.2, 0) is 0 Å². The highest BCUT2D eigenvalue weighted by Gasteiger charge is 2.19. The molecule has 6 heteroatoms. The fourth-order valence-electron chi connectivity index (χ4n) is 2.13. The quantitative estimate of drug-likeness (QED) is 0.761. The number of aromatic nitrogens is 1. The molecule has 0 aliphatic heterocycles. The van der Waals surface area contributed by atoms with E-state index in [2.05, 4.69) is 10.3 Å². The van der Waals surface area contributed by atoms with Crippen molar-refractivity contribution < 1.29 is 9.21 Å². The molecule has 1 atom stereocenters. The number of aryl methyl sites for hydroxylation is 2. The van der Waals surface area contributed by atoms with Gasteiger partial charge in [-0.25, -0.2) is 4.98 Å². The van der Waals surface area contributed by atoms with E-state index in [1.54, 1.807) is 11.3 Å². The predicted molar refractivity (Wildman–Crippen MR) is 89.5 cm³/mol. The van der Waals surface area contributed by atoms with Gasteiger partial charge in [-0.05, 0) is 44.4 Å². The summed E-state index contributed by atoms with van der Waals surface area (Å²) in [6.45, 7) is 5.72. The number of nitrogens with one attached hydrogen (secondary N) is 1. The van der Waals surface area contributed by atoms with Gasteiger partial charge < -0.3 is 9.73 Å². The molecule has 0 radical (unpaired) electrons. The van der Waals surface area contributed by atoms with E-state index in [-0.39, 0.29) is 11.9 Å². The predicted octanol–water partition coefficient (Wildman–Crippen LogP) is 4.57. The summed E-state index contributed by atoms with van der Waals surface area (Å²) in [6.07, 6.45) is 0. The zero-order valence-corrected chi connectivity index (χ0v) is 14.2. The number of amides is 1. The molecule has 0 unspecified atom stereocenters. The maximum absolute atomic E-state index is 12.5. The third-order valence-corrected chi connectivity index (χ3v) is 5.50. The fourth-order valence-corrected chi connectivity index (χ4v) is 3.80. The maximum atomic E-state index is 12.5. The second-order valence-corrected chi connectivity index (χ2v) is 7.03. The lowest BCUT2D eigenvalue weighted by Crippen LogP contribution is -2.25. The van der Waals surface area contributed by atoms with E-state index in [4.69, 9.17) is 4.42 Å². The molecular weight excluding hydrogens is 316 g/mol. The first-order valence-corrected chi connectivity index (χ1v) is 8.62. The van der Waals surface area contributed by atoms with E-state index in [1.165, 1.54) is 11.3 Å². The molecular formula is C16H16N2O2S2. The Morgan fingerprint density at radius 2 is 2.14 bits per heavy atom. The minimum Gasteiger partial charge on any atom is -0.459 e. The molecule has 3 heterocycles. The van der Waals surface area contributed by atoms with Crippen molar-refractivity contribution in [3.8, 4) is 10.8 Å². The molecule has 0 spiro atoms. The van der Waals surface area contributed by atoms with Crippen LogP contribution in [0, 0.1) is 13.8 Å². The van der Waals surface area contributed by atoms with Gasteiger partial charge in [-0.15, -0.1) is 22.7 Å². The van der Waals surface area contributed by atoms with Crippen molar-refractivity contribution in [2.45, 2.75) is 26.8 Å². The van der Waals surface area contributed by atoms with Gasteiger partial charge in [0.25, 0.3) is 5.91 Å². The summed E-state index contributed by atoms with van der Waals surface area (Å²) in [6, 6.07) is 7.77. The molecule has 0 aliphatic carbocycles. The van der Waals surface area contributed by atoms with E-state index < -0.39 is 0 Å². The van der Waals surface area contributed by atoms with Gasteiger partial charge in [0.2, 0.25) is 0 Å². The van der Waals surface area contributed by atoms with Crippen LogP contribution in [0.2, 0.25) is 0 Å². The molecule has 22 heavy (non-hydrogen) atoms. The molecule has 0 aliphatic rings.